The van der Waals surface area contributed by atoms with Gasteiger partial charge in [-0.1, -0.05) is 12.1 Å². The van der Waals surface area contributed by atoms with Gasteiger partial charge in [-0.3, -0.25) is 0 Å². The van der Waals surface area contributed by atoms with Crippen molar-refractivity contribution in [3.63, 3.8) is 0 Å². The fourth-order valence-electron chi connectivity index (χ4n) is 2.19. The highest BCUT2D eigenvalue weighted by Gasteiger charge is 2.23. The van der Waals surface area contributed by atoms with Crippen molar-refractivity contribution in [2.45, 2.75) is 20.0 Å². The fraction of sp³-hybridized carbons (Fsp3) is 0.235. The topological polar surface area (TPSA) is 130 Å². The normalized spacial score (nSPS) is 11.6. The lowest BCUT2D eigenvalue weighted by molar-refractivity contribution is -0.144. The molecule has 9 heteroatoms. The maximum atomic E-state index is 11.4. The van der Waals surface area contributed by atoms with Gasteiger partial charge in [0.25, 0.3) is 0 Å². The molecule has 0 aliphatic carbocycles. The van der Waals surface area contributed by atoms with E-state index in [4.69, 9.17) is 19.7 Å². The summed E-state index contributed by atoms with van der Waals surface area (Å²) in [7, 11) is 0. The zero-order valence-corrected chi connectivity index (χ0v) is 14.7. The zero-order valence-electron chi connectivity index (χ0n) is 13.9. The summed E-state index contributed by atoms with van der Waals surface area (Å²) >= 11 is 0.944. The summed E-state index contributed by atoms with van der Waals surface area (Å²) < 4.78 is 10.5. The van der Waals surface area contributed by atoms with E-state index >= 15 is 0 Å². The van der Waals surface area contributed by atoms with Crippen LogP contribution in [0.25, 0.3) is 10.4 Å². The Kier molecular flexibility index (Phi) is 5.83. The van der Waals surface area contributed by atoms with Gasteiger partial charge in [0.2, 0.25) is 0 Å². The number of ether oxygens (including phenoxy) is 2. The van der Waals surface area contributed by atoms with Crippen molar-refractivity contribution in [1.29, 1.82) is 0 Å². The molecule has 1 aromatic heterocycles. The molecule has 0 saturated heterocycles. The highest BCUT2D eigenvalue weighted by molar-refractivity contribution is 7.18. The average Bonchev–Trinajstić information content (AvgIpc) is 2.90. The second-order valence-electron chi connectivity index (χ2n) is 5.33. The molecule has 0 radical (unpaired) electrons. The van der Waals surface area contributed by atoms with Gasteiger partial charge in [-0.15, -0.1) is 11.3 Å². The number of carboxylic acids is 3. The standard InChI is InChI=1S/C17H16O8S/c1-8-13(24-7-12(18)19)15(17(22)23)26-14(8)10-4-3-5-11(6-10)25-9(2)16(20)21/h3-6,9H,7H2,1-2H3,(H,18,19)(H,20,21)(H,22,23). The van der Waals surface area contributed by atoms with Crippen LogP contribution in [0.4, 0.5) is 0 Å². The van der Waals surface area contributed by atoms with Crippen LogP contribution in [0.2, 0.25) is 0 Å². The minimum atomic E-state index is -1.23. The third-order valence-corrected chi connectivity index (χ3v) is 4.69. The molecule has 8 nitrogen and oxygen atoms in total. The molecular formula is C17H16O8S. The Balaban J connectivity index is 2.42. The SMILES string of the molecule is Cc1c(-c2cccc(OC(C)C(=O)O)c2)sc(C(=O)O)c1OCC(=O)O. The lowest BCUT2D eigenvalue weighted by Crippen LogP contribution is -2.22. The number of aliphatic carboxylic acids is 2. The van der Waals surface area contributed by atoms with Crippen LogP contribution in [-0.2, 0) is 9.59 Å². The second-order valence-corrected chi connectivity index (χ2v) is 6.35. The quantitative estimate of drug-likeness (QED) is 0.637. The summed E-state index contributed by atoms with van der Waals surface area (Å²) in [6.07, 6.45) is -1.04. The number of carbonyl (C=O) groups is 3. The smallest absolute Gasteiger partial charge is 0.349 e. The number of hydrogen-bond acceptors (Lipinski definition) is 6. The first-order chi connectivity index (χ1) is 12.2. The van der Waals surface area contributed by atoms with Crippen LogP contribution in [0.15, 0.2) is 24.3 Å². The monoisotopic (exact) mass is 380 g/mol. The van der Waals surface area contributed by atoms with Crippen LogP contribution < -0.4 is 9.47 Å². The highest BCUT2D eigenvalue weighted by Crippen LogP contribution is 2.42. The second kappa shape index (κ2) is 7.87. The summed E-state index contributed by atoms with van der Waals surface area (Å²) in [6, 6.07) is 6.54. The molecule has 0 spiro atoms. The molecular weight excluding hydrogens is 364 g/mol. The van der Waals surface area contributed by atoms with Gasteiger partial charge in [-0.05, 0) is 31.5 Å². The van der Waals surface area contributed by atoms with Crippen molar-refractivity contribution in [2.75, 3.05) is 6.61 Å². The van der Waals surface area contributed by atoms with Gasteiger partial charge < -0.3 is 24.8 Å². The minimum absolute atomic E-state index is 0.00475. The van der Waals surface area contributed by atoms with Crippen molar-refractivity contribution >= 4 is 29.2 Å². The summed E-state index contributed by atoms with van der Waals surface area (Å²) in [6.45, 7) is 2.37. The lowest BCUT2D eigenvalue weighted by Gasteiger charge is -2.11. The van der Waals surface area contributed by atoms with Gasteiger partial charge in [0.05, 0.1) is 0 Å². The van der Waals surface area contributed by atoms with Gasteiger partial charge >= 0.3 is 17.9 Å². The van der Waals surface area contributed by atoms with E-state index in [9.17, 15) is 19.5 Å². The predicted molar refractivity (Wildman–Crippen MR) is 92.3 cm³/mol. The first kappa shape index (κ1) is 19.3. The van der Waals surface area contributed by atoms with E-state index in [1.54, 1.807) is 31.2 Å². The molecule has 1 aromatic carbocycles. The van der Waals surface area contributed by atoms with Crippen molar-refractivity contribution < 1.29 is 39.2 Å². The van der Waals surface area contributed by atoms with Gasteiger partial charge in [0.1, 0.15) is 11.5 Å². The molecule has 26 heavy (non-hydrogen) atoms. The van der Waals surface area contributed by atoms with Crippen LogP contribution >= 0.6 is 11.3 Å². The first-order valence-electron chi connectivity index (χ1n) is 7.42. The maximum absolute atomic E-state index is 11.4. The predicted octanol–water partition coefficient (Wildman–Crippen LogP) is 2.74. The van der Waals surface area contributed by atoms with E-state index in [-0.39, 0.29) is 10.6 Å². The van der Waals surface area contributed by atoms with Crippen LogP contribution in [0.1, 0.15) is 22.2 Å². The summed E-state index contributed by atoms with van der Waals surface area (Å²) in [4.78, 5) is 33.5. The van der Waals surface area contributed by atoms with Gasteiger partial charge in [0.15, 0.2) is 17.6 Å². The molecule has 2 aromatic rings. The summed E-state index contributed by atoms with van der Waals surface area (Å²) in [5.74, 6) is -3.23. The Morgan fingerprint density at radius 3 is 2.46 bits per heavy atom. The van der Waals surface area contributed by atoms with Crippen molar-refractivity contribution in [3.05, 3.63) is 34.7 Å². The number of thiophene rings is 1. The molecule has 1 unspecified atom stereocenters. The van der Waals surface area contributed by atoms with Crippen molar-refractivity contribution in [1.82, 2.24) is 0 Å². The van der Waals surface area contributed by atoms with Crippen molar-refractivity contribution in [2.24, 2.45) is 0 Å². The molecule has 0 aliphatic rings. The Hall–Kier alpha value is -3.07. The zero-order chi connectivity index (χ0) is 19.4. The van der Waals surface area contributed by atoms with E-state index in [2.05, 4.69) is 0 Å². The van der Waals surface area contributed by atoms with Gasteiger partial charge in [-0.2, -0.15) is 0 Å². The average molecular weight is 380 g/mol. The molecule has 1 heterocycles. The van der Waals surface area contributed by atoms with Crippen LogP contribution in [-0.4, -0.2) is 45.9 Å². The molecule has 3 N–H and O–H groups in total. The third kappa shape index (κ3) is 4.31. The first-order valence-corrected chi connectivity index (χ1v) is 8.23. The third-order valence-electron chi connectivity index (χ3n) is 3.38. The highest BCUT2D eigenvalue weighted by atomic mass is 32.1. The lowest BCUT2D eigenvalue weighted by atomic mass is 10.1. The molecule has 2 rings (SSSR count). The molecule has 0 saturated carbocycles. The summed E-state index contributed by atoms with van der Waals surface area (Å²) in [5.41, 5.74) is 1.09. The van der Waals surface area contributed by atoms with E-state index in [1.165, 1.54) is 6.92 Å². The Morgan fingerprint density at radius 2 is 1.88 bits per heavy atom. The molecule has 0 aliphatic heterocycles. The largest absolute Gasteiger partial charge is 0.480 e. The van der Waals surface area contributed by atoms with Gasteiger partial charge in [0, 0.05) is 10.4 Å². The maximum Gasteiger partial charge on any atom is 0.349 e. The molecule has 0 amide bonds. The molecule has 0 fully saturated rings. The van der Waals surface area contributed by atoms with E-state index in [1.807, 2.05) is 0 Å². The number of rotatable bonds is 8. The molecule has 1 atom stereocenters. The van der Waals surface area contributed by atoms with Crippen molar-refractivity contribution in [3.8, 4) is 21.9 Å². The number of aromatic carboxylic acids is 1. The molecule has 138 valence electrons. The Labute approximate surface area is 152 Å². The van der Waals surface area contributed by atoms with Crippen LogP contribution in [0.5, 0.6) is 11.5 Å². The number of carboxylic acid groups (broad SMARTS) is 3. The van der Waals surface area contributed by atoms with Crippen LogP contribution in [0.3, 0.4) is 0 Å². The number of benzene rings is 1. The Bertz CT molecular complexity index is 854. The van der Waals surface area contributed by atoms with E-state index in [0.717, 1.165) is 11.3 Å². The minimum Gasteiger partial charge on any atom is -0.480 e. The van der Waals surface area contributed by atoms with Gasteiger partial charge in [-0.25, -0.2) is 14.4 Å². The fourth-order valence-corrected chi connectivity index (χ4v) is 3.27. The number of hydrogen-bond donors (Lipinski definition) is 3. The summed E-state index contributed by atoms with van der Waals surface area (Å²) in [5, 5.41) is 27.0. The van der Waals surface area contributed by atoms with E-state index < -0.39 is 30.6 Å². The van der Waals surface area contributed by atoms with Crippen LogP contribution in [0, 0.1) is 6.92 Å². The van der Waals surface area contributed by atoms with E-state index in [0.29, 0.717) is 21.8 Å². The molecule has 0 bridgehead atoms. The Morgan fingerprint density at radius 1 is 1.19 bits per heavy atom.